The van der Waals surface area contributed by atoms with E-state index in [0.29, 0.717) is 6.54 Å². The SMILES string of the molecule is CC1(C)CN(CCF)Cc2ccc(N)cc21. The molecule has 0 atom stereocenters. The topological polar surface area (TPSA) is 29.3 Å². The van der Waals surface area contributed by atoms with Gasteiger partial charge in [0.2, 0.25) is 0 Å². The van der Waals surface area contributed by atoms with Crippen molar-refractivity contribution in [2.75, 3.05) is 25.5 Å². The van der Waals surface area contributed by atoms with Crippen molar-refractivity contribution in [2.24, 2.45) is 0 Å². The van der Waals surface area contributed by atoms with E-state index in [-0.39, 0.29) is 12.1 Å². The summed E-state index contributed by atoms with van der Waals surface area (Å²) in [5, 5.41) is 0. The monoisotopic (exact) mass is 222 g/mol. The maximum absolute atomic E-state index is 12.4. The third-order valence-corrected chi connectivity index (χ3v) is 3.28. The summed E-state index contributed by atoms with van der Waals surface area (Å²) in [4.78, 5) is 2.17. The molecule has 0 fully saturated rings. The first kappa shape index (κ1) is 11.4. The van der Waals surface area contributed by atoms with Crippen molar-refractivity contribution >= 4 is 5.69 Å². The van der Waals surface area contributed by atoms with Crippen molar-refractivity contribution in [3.05, 3.63) is 29.3 Å². The minimum atomic E-state index is -0.277. The van der Waals surface area contributed by atoms with Crippen LogP contribution in [0.3, 0.4) is 0 Å². The van der Waals surface area contributed by atoms with Gasteiger partial charge in [-0.25, -0.2) is 4.39 Å². The van der Waals surface area contributed by atoms with Crippen LogP contribution in [0.5, 0.6) is 0 Å². The largest absolute Gasteiger partial charge is 0.399 e. The Morgan fingerprint density at radius 3 is 2.88 bits per heavy atom. The van der Waals surface area contributed by atoms with Crippen LogP contribution in [0.1, 0.15) is 25.0 Å². The van der Waals surface area contributed by atoms with Gasteiger partial charge in [0.1, 0.15) is 6.67 Å². The summed E-state index contributed by atoms with van der Waals surface area (Å²) in [6, 6.07) is 6.05. The molecule has 0 amide bonds. The lowest BCUT2D eigenvalue weighted by atomic mass is 9.78. The molecule has 2 rings (SSSR count). The van der Waals surface area contributed by atoms with Crippen LogP contribution in [0.4, 0.5) is 10.1 Å². The Hall–Kier alpha value is -1.09. The summed E-state index contributed by atoms with van der Waals surface area (Å²) in [6.45, 7) is 6.36. The zero-order valence-corrected chi connectivity index (χ0v) is 9.96. The first-order chi connectivity index (χ1) is 7.53. The molecule has 0 saturated heterocycles. The van der Waals surface area contributed by atoms with Crippen LogP contribution in [0.2, 0.25) is 0 Å². The number of rotatable bonds is 2. The zero-order valence-electron chi connectivity index (χ0n) is 9.96. The smallest absolute Gasteiger partial charge is 0.102 e. The number of fused-ring (bicyclic) bond motifs is 1. The van der Waals surface area contributed by atoms with Gasteiger partial charge in [-0.1, -0.05) is 19.9 Å². The number of halogens is 1. The molecule has 0 unspecified atom stereocenters. The molecule has 88 valence electrons. The first-order valence-corrected chi connectivity index (χ1v) is 5.70. The maximum Gasteiger partial charge on any atom is 0.102 e. The average molecular weight is 222 g/mol. The maximum atomic E-state index is 12.4. The van der Waals surface area contributed by atoms with Crippen molar-refractivity contribution < 1.29 is 4.39 Å². The number of benzene rings is 1. The number of anilines is 1. The van der Waals surface area contributed by atoms with Gasteiger partial charge in [0.15, 0.2) is 0 Å². The molecule has 16 heavy (non-hydrogen) atoms. The van der Waals surface area contributed by atoms with E-state index in [0.717, 1.165) is 18.8 Å². The first-order valence-electron chi connectivity index (χ1n) is 5.70. The second-order valence-electron chi connectivity index (χ2n) is 5.20. The molecule has 0 aliphatic carbocycles. The van der Waals surface area contributed by atoms with Gasteiger partial charge in [-0.2, -0.15) is 0 Å². The summed E-state index contributed by atoms with van der Waals surface area (Å²) >= 11 is 0. The highest BCUT2D eigenvalue weighted by Crippen LogP contribution is 2.34. The molecule has 1 aromatic rings. The predicted octanol–water partition coefficient (Wildman–Crippen LogP) is 2.33. The highest BCUT2D eigenvalue weighted by Gasteiger charge is 2.31. The van der Waals surface area contributed by atoms with E-state index in [1.807, 2.05) is 6.07 Å². The van der Waals surface area contributed by atoms with Gasteiger partial charge in [0, 0.05) is 30.7 Å². The van der Waals surface area contributed by atoms with E-state index in [9.17, 15) is 4.39 Å². The van der Waals surface area contributed by atoms with Crippen molar-refractivity contribution in [2.45, 2.75) is 25.8 Å². The van der Waals surface area contributed by atoms with Gasteiger partial charge in [-0.15, -0.1) is 0 Å². The Labute approximate surface area is 96.2 Å². The van der Waals surface area contributed by atoms with E-state index in [4.69, 9.17) is 5.73 Å². The molecule has 0 radical (unpaired) electrons. The van der Waals surface area contributed by atoms with Gasteiger partial charge >= 0.3 is 0 Å². The fourth-order valence-electron chi connectivity index (χ4n) is 2.58. The van der Waals surface area contributed by atoms with Crippen LogP contribution in [0.15, 0.2) is 18.2 Å². The van der Waals surface area contributed by atoms with Crippen LogP contribution in [0.25, 0.3) is 0 Å². The molecule has 1 aliphatic heterocycles. The van der Waals surface area contributed by atoms with Gasteiger partial charge in [0.25, 0.3) is 0 Å². The van der Waals surface area contributed by atoms with Gasteiger partial charge in [0.05, 0.1) is 0 Å². The fourth-order valence-corrected chi connectivity index (χ4v) is 2.58. The van der Waals surface area contributed by atoms with Gasteiger partial charge < -0.3 is 5.73 Å². The number of hydrogen-bond acceptors (Lipinski definition) is 2. The lowest BCUT2D eigenvalue weighted by molar-refractivity contribution is 0.180. The Bertz CT molecular complexity index is 388. The second-order valence-corrected chi connectivity index (χ2v) is 5.20. The van der Waals surface area contributed by atoms with Gasteiger partial charge in [-0.05, 0) is 23.3 Å². The van der Waals surface area contributed by atoms with E-state index in [1.165, 1.54) is 11.1 Å². The molecule has 0 aromatic heterocycles. The molecule has 1 aliphatic rings. The van der Waals surface area contributed by atoms with E-state index >= 15 is 0 Å². The van der Waals surface area contributed by atoms with Crippen molar-refractivity contribution in [3.8, 4) is 0 Å². The minimum absolute atomic E-state index is 0.0537. The van der Waals surface area contributed by atoms with Crippen LogP contribution >= 0.6 is 0 Å². The quantitative estimate of drug-likeness (QED) is 0.778. The van der Waals surface area contributed by atoms with Gasteiger partial charge in [-0.3, -0.25) is 4.90 Å². The van der Waals surface area contributed by atoms with Crippen LogP contribution in [-0.4, -0.2) is 24.7 Å². The minimum Gasteiger partial charge on any atom is -0.399 e. The number of hydrogen-bond donors (Lipinski definition) is 1. The lowest BCUT2D eigenvalue weighted by Crippen LogP contribution is -2.42. The van der Waals surface area contributed by atoms with Crippen molar-refractivity contribution in [1.29, 1.82) is 0 Å². The van der Waals surface area contributed by atoms with Crippen LogP contribution in [-0.2, 0) is 12.0 Å². The third kappa shape index (κ3) is 2.05. The molecule has 0 spiro atoms. The number of nitrogens with two attached hydrogens (primary N) is 1. The van der Waals surface area contributed by atoms with E-state index < -0.39 is 0 Å². The summed E-state index contributed by atoms with van der Waals surface area (Å²) in [5.41, 5.74) is 9.27. The highest BCUT2D eigenvalue weighted by atomic mass is 19.1. The van der Waals surface area contributed by atoms with E-state index in [1.54, 1.807) is 0 Å². The van der Waals surface area contributed by atoms with Crippen molar-refractivity contribution in [1.82, 2.24) is 4.90 Å². The van der Waals surface area contributed by atoms with E-state index in [2.05, 4.69) is 30.9 Å². The Morgan fingerprint density at radius 2 is 2.19 bits per heavy atom. The average Bonchev–Trinajstić information content (AvgIpc) is 2.19. The van der Waals surface area contributed by atoms with Crippen molar-refractivity contribution in [3.63, 3.8) is 0 Å². The zero-order chi connectivity index (χ0) is 11.8. The lowest BCUT2D eigenvalue weighted by Gasteiger charge is -2.39. The number of nitrogens with zero attached hydrogens (tertiary/aromatic N) is 1. The molecule has 0 saturated carbocycles. The molecule has 2 N–H and O–H groups in total. The molecular weight excluding hydrogens is 203 g/mol. The molecule has 0 bridgehead atoms. The molecule has 2 nitrogen and oxygen atoms in total. The fraction of sp³-hybridized carbons (Fsp3) is 0.538. The second kappa shape index (κ2) is 4.06. The molecule has 1 heterocycles. The number of nitrogen functional groups attached to an aromatic ring is 1. The highest BCUT2D eigenvalue weighted by molar-refractivity contribution is 5.48. The molecular formula is C13H19FN2. The standard InChI is InChI=1S/C13H19FN2/c1-13(2)9-16(6-5-14)8-10-3-4-11(15)7-12(10)13/h3-4,7H,5-6,8-9,15H2,1-2H3. The predicted molar refractivity (Wildman–Crippen MR) is 65.1 cm³/mol. The van der Waals surface area contributed by atoms with Crippen LogP contribution in [0, 0.1) is 0 Å². The van der Waals surface area contributed by atoms with Crippen LogP contribution < -0.4 is 5.73 Å². The Morgan fingerprint density at radius 1 is 1.44 bits per heavy atom. The summed E-state index contributed by atoms with van der Waals surface area (Å²) in [7, 11) is 0. The third-order valence-electron chi connectivity index (χ3n) is 3.28. The molecule has 1 aromatic carbocycles. The summed E-state index contributed by atoms with van der Waals surface area (Å²) in [5.74, 6) is 0. The summed E-state index contributed by atoms with van der Waals surface area (Å²) < 4.78 is 12.4. The Balaban J connectivity index is 2.35. The Kier molecular flexibility index (Phi) is 2.89. The normalized spacial score (nSPS) is 19.4. The molecule has 3 heteroatoms. The number of alkyl halides is 1. The summed E-state index contributed by atoms with van der Waals surface area (Å²) in [6.07, 6.45) is 0.